The number of aromatic nitrogens is 2. The van der Waals surface area contributed by atoms with Crippen LogP contribution >= 0.6 is 11.8 Å². The zero-order valence-electron chi connectivity index (χ0n) is 13.0. The zero-order valence-corrected chi connectivity index (χ0v) is 13.8. The molecule has 23 heavy (non-hydrogen) atoms. The standard InChI is InChI=1S/C18H19N3OS/c1-14(23-16-7-3-2-4-8-16)18(22)19-11-10-15-13-21-12-6-5-9-17(21)20-15/h2-9,12-14H,10-11H2,1H3,(H,19,22)/t14-/m1/s1. The van der Waals surface area contributed by atoms with Crippen molar-refractivity contribution in [2.45, 2.75) is 23.5 Å². The second-order valence-electron chi connectivity index (χ2n) is 5.31. The highest BCUT2D eigenvalue weighted by molar-refractivity contribution is 8.00. The Balaban J connectivity index is 1.48. The Morgan fingerprint density at radius 2 is 2.00 bits per heavy atom. The van der Waals surface area contributed by atoms with E-state index in [1.165, 1.54) is 0 Å². The van der Waals surface area contributed by atoms with Crippen LogP contribution < -0.4 is 5.32 Å². The van der Waals surface area contributed by atoms with Crippen LogP contribution in [0.25, 0.3) is 5.65 Å². The number of fused-ring (bicyclic) bond motifs is 1. The number of benzene rings is 1. The fourth-order valence-corrected chi connectivity index (χ4v) is 3.23. The summed E-state index contributed by atoms with van der Waals surface area (Å²) in [5.41, 5.74) is 1.92. The number of nitrogens with one attached hydrogen (secondary N) is 1. The van der Waals surface area contributed by atoms with Gasteiger partial charge >= 0.3 is 0 Å². The van der Waals surface area contributed by atoms with E-state index in [2.05, 4.69) is 10.3 Å². The molecule has 1 N–H and O–H groups in total. The fraction of sp³-hybridized carbons (Fsp3) is 0.222. The number of imidazole rings is 1. The summed E-state index contributed by atoms with van der Waals surface area (Å²) < 4.78 is 1.99. The normalized spacial score (nSPS) is 12.2. The summed E-state index contributed by atoms with van der Waals surface area (Å²) in [6, 6.07) is 15.9. The average molecular weight is 325 g/mol. The van der Waals surface area contributed by atoms with Crippen LogP contribution in [-0.4, -0.2) is 27.1 Å². The molecule has 0 bridgehead atoms. The lowest BCUT2D eigenvalue weighted by Crippen LogP contribution is -2.32. The van der Waals surface area contributed by atoms with Crippen LogP contribution in [0.2, 0.25) is 0 Å². The molecule has 4 nitrogen and oxygen atoms in total. The third kappa shape index (κ3) is 4.13. The van der Waals surface area contributed by atoms with E-state index in [4.69, 9.17) is 0 Å². The molecule has 0 aliphatic carbocycles. The van der Waals surface area contributed by atoms with Gasteiger partial charge in [0.1, 0.15) is 5.65 Å². The van der Waals surface area contributed by atoms with Crippen molar-refractivity contribution in [3.05, 3.63) is 66.6 Å². The number of rotatable bonds is 6. The summed E-state index contributed by atoms with van der Waals surface area (Å²) in [6.45, 7) is 2.53. The molecule has 2 heterocycles. The number of pyridine rings is 1. The third-order valence-electron chi connectivity index (χ3n) is 3.52. The summed E-state index contributed by atoms with van der Waals surface area (Å²) in [7, 11) is 0. The molecule has 0 radical (unpaired) electrons. The minimum Gasteiger partial charge on any atom is -0.355 e. The van der Waals surface area contributed by atoms with Gasteiger partial charge in [0.15, 0.2) is 0 Å². The molecule has 0 saturated carbocycles. The Kier molecular flexibility index (Phi) is 4.98. The molecule has 1 atom stereocenters. The molecule has 3 aromatic rings. The smallest absolute Gasteiger partial charge is 0.233 e. The van der Waals surface area contributed by atoms with Gasteiger partial charge in [0.2, 0.25) is 5.91 Å². The van der Waals surface area contributed by atoms with Gasteiger partial charge < -0.3 is 9.72 Å². The predicted molar refractivity (Wildman–Crippen MR) is 93.7 cm³/mol. The third-order valence-corrected chi connectivity index (χ3v) is 4.63. The molecule has 0 aliphatic heterocycles. The van der Waals surface area contributed by atoms with Gasteiger partial charge in [-0.1, -0.05) is 24.3 Å². The first-order valence-corrected chi connectivity index (χ1v) is 8.52. The van der Waals surface area contributed by atoms with Crippen molar-refractivity contribution in [2.24, 2.45) is 0 Å². The number of nitrogens with zero attached hydrogens (tertiary/aromatic N) is 2. The van der Waals surface area contributed by atoms with E-state index in [-0.39, 0.29) is 11.2 Å². The van der Waals surface area contributed by atoms with Gasteiger partial charge in [-0.15, -0.1) is 11.8 Å². The van der Waals surface area contributed by atoms with Crippen LogP contribution in [0.3, 0.4) is 0 Å². The number of amides is 1. The van der Waals surface area contributed by atoms with Crippen LogP contribution in [0.15, 0.2) is 65.8 Å². The van der Waals surface area contributed by atoms with Gasteiger partial charge in [-0.3, -0.25) is 4.79 Å². The molecular formula is C18H19N3OS. The highest BCUT2D eigenvalue weighted by Crippen LogP contribution is 2.22. The SMILES string of the molecule is C[C@@H](Sc1ccccc1)C(=O)NCCc1cn2ccccc2n1. The quantitative estimate of drug-likeness (QED) is 0.708. The summed E-state index contributed by atoms with van der Waals surface area (Å²) in [5, 5.41) is 2.87. The van der Waals surface area contributed by atoms with E-state index >= 15 is 0 Å². The molecule has 0 saturated heterocycles. The lowest BCUT2D eigenvalue weighted by atomic mass is 10.3. The molecule has 0 fully saturated rings. The number of carbonyl (C=O) groups excluding carboxylic acids is 1. The Morgan fingerprint density at radius 3 is 2.78 bits per heavy atom. The average Bonchev–Trinajstić information content (AvgIpc) is 2.98. The lowest BCUT2D eigenvalue weighted by molar-refractivity contribution is -0.120. The first-order chi connectivity index (χ1) is 11.2. The molecule has 5 heteroatoms. The maximum Gasteiger partial charge on any atom is 0.233 e. The molecule has 0 unspecified atom stereocenters. The van der Waals surface area contributed by atoms with E-state index in [1.54, 1.807) is 11.8 Å². The van der Waals surface area contributed by atoms with Gasteiger partial charge in [-0.2, -0.15) is 0 Å². The molecule has 0 aliphatic rings. The number of hydrogen-bond donors (Lipinski definition) is 1. The van der Waals surface area contributed by atoms with E-state index in [9.17, 15) is 4.79 Å². The molecule has 3 rings (SSSR count). The minimum absolute atomic E-state index is 0.0580. The molecule has 1 amide bonds. The van der Waals surface area contributed by atoms with Crippen molar-refractivity contribution in [3.63, 3.8) is 0 Å². The van der Waals surface area contributed by atoms with Crippen molar-refractivity contribution in [1.82, 2.24) is 14.7 Å². The molecular weight excluding hydrogens is 306 g/mol. The second-order valence-corrected chi connectivity index (χ2v) is 6.73. The van der Waals surface area contributed by atoms with Crippen molar-refractivity contribution in [2.75, 3.05) is 6.54 Å². The topological polar surface area (TPSA) is 46.4 Å². The predicted octanol–water partition coefficient (Wildman–Crippen LogP) is 3.17. The Labute approximate surface area is 139 Å². The zero-order chi connectivity index (χ0) is 16.1. The van der Waals surface area contributed by atoms with E-state index in [0.29, 0.717) is 6.54 Å². The second kappa shape index (κ2) is 7.33. The molecule has 2 aromatic heterocycles. The van der Waals surface area contributed by atoms with Crippen LogP contribution in [-0.2, 0) is 11.2 Å². The lowest BCUT2D eigenvalue weighted by Gasteiger charge is -2.11. The largest absolute Gasteiger partial charge is 0.355 e. The number of thioether (sulfide) groups is 1. The summed E-state index contributed by atoms with van der Waals surface area (Å²) in [5.74, 6) is 0.0580. The van der Waals surface area contributed by atoms with Crippen molar-refractivity contribution >= 4 is 23.3 Å². The van der Waals surface area contributed by atoms with Crippen molar-refractivity contribution in [1.29, 1.82) is 0 Å². The summed E-state index contributed by atoms with van der Waals surface area (Å²) in [4.78, 5) is 17.8. The molecule has 1 aromatic carbocycles. The first kappa shape index (κ1) is 15.6. The van der Waals surface area contributed by atoms with E-state index in [1.807, 2.05) is 72.2 Å². The van der Waals surface area contributed by atoms with Crippen LogP contribution in [0.5, 0.6) is 0 Å². The highest BCUT2D eigenvalue weighted by atomic mass is 32.2. The van der Waals surface area contributed by atoms with Crippen molar-refractivity contribution in [3.8, 4) is 0 Å². The van der Waals surface area contributed by atoms with E-state index in [0.717, 1.165) is 22.7 Å². The van der Waals surface area contributed by atoms with Gasteiger partial charge in [0, 0.05) is 30.3 Å². The van der Waals surface area contributed by atoms with Gasteiger partial charge in [0.25, 0.3) is 0 Å². The van der Waals surface area contributed by atoms with Crippen molar-refractivity contribution < 1.29 is 4.79 Å². The maximum absolute atomic E-state index is 12.2. The van der Waals surface area contributed by atoms with Gasteiger partial charge in [-0.25, -0.2) is 4.98 Å². The highest BCUT2D eigenvalue weighted by Gasteiger charge is 2.13. The van der Waals surface area contributed by atoms with Crippen LogP contribution in [0, 0.1) is 0 Å². The Morgan fingerprint density at radius 1 is 1.22 bits per heavy atom. The van der Waals surface area contributed by atoms with Crippen LogP contribution in [0.1, 0.15) is 12.6 Å². The van der Waals surface area contributed by atoms with Gasteiger partial charge in [0.05, 0.1) is 10.9 Å². The number of hydrogen-bond acceptors (Lipinski definition) is 3. The number of carbonyl (C=O) groups is 1. The molecule has 118 valence electrons. The van der Waals surface area contributed by atoms with Gasteiger partial charge in [-0.05, 0) is 31.2 Å². The van der Waals surface area contributed by atoms with E-state index < -0.39 is 0 Å². The Hall–Kier alpha value is -2.27. The summed E-state index contributed by atoms with van der Waals surface area (Å²) >= 11 is 1.57. The summed E-state index contributed by atoms with van der Waals surface area (Å²) in [6.07, 6.45) is 4.71. The first-order valence-electron chi connectivity index (χ1n) is 7.64. The maximum atomic E-state index is 12.2. The minimum atomic E-state index is -0.113. The fourth-order valence-electron chi connectivity index (χ4n) is 2.32. The molecule has 0 spiro atoms. The monoisotopic (exact) mass is 325 g/mol. The van der Waals surface area contributed by atoms with Crippen LogP contribution in [0.4, 0.5) is 0 Å². The Bertz CT molecular complexity index is 752.